The zero-order valence-electron chi connectivity index (χ0n) is 39.8. The molecular formula is C46H69FN12O11. The van der Waals surface area contributed by atoms with Crippen molar-refractivity contribution in [2.45, 2.75) is 121 Å². The number of anilines is 1. The van der Waals surface area contributed by atoms with Gasteiger partial charge in [0.1, 0.15) is 42.3 Å². The number of halogens is 1. The molecule has 0 bridgehead atoms. The molecule has 3 rings (SSSR count). The molecule has 1 aliphatic rings. The average molecular weight is 985 g/mol. The molecule has 1 fully saturated rings. The Hall–Kier alpha value is -6.60. The van der Waals surface area contributed by atoms with Gasteiger partial charge in [0, 0.05) is 25.5 Å². The first-order chi connectivity index (χ1) is 33.2. The number of nitrogens with two attached hydrogens (primary N) is 3. The van der Waals surface area contributed by atoms with Gasteiger partial charge in [0.2, 0.25) is 53.2 Å². The summed E-state index contributed by atoms with van der Waals surface area (Å²) in [6.45, 7) is 4.09. The van der Waals surface area contributed by atoms with Gasteiger partial charge in [-0.15, -0.1) is 0 Å². The first-order valence-corrected chi connectivity index (χ1v) is 23.1. The molecular weight excluding hydrogens is 916 g/mol. The van der Waals surface area contributed by atoms with E-state index in [0.717, 1.165) is 6.92 Å². The van der Waals surface area contributed by atoms with E-state index in [-0.39, 0.29) is 68.9 Å². The maximum atomic E-state index is 15.6. The molecule has 9 atom stereocenters. The summed E-state index contributed by atoms with van der Waals surface area (Å²) in [5, 5.41) is 43.6. The highest BCUT2D eigenvalue weighted by atomic mass is 19.1. The summed E-state index contributed by atoms with van der Waals surface area (Å²) in [4.78, 5) is 123. The van der Waals surface area contributed by atoms with Crippen LogP contribution < -0.4 is 65.1 Å². The van der Waals surface area contributed by atoms with Crippen LogP contribution in [-0.4, -0.2) is 145 Å². The van der Waals surface area contributed by atoms with E-state index in [0.29, 0.717) is 5.56 Å². The molecule has 70 heavy (non-hydrogen) atoms. The number of hydrogen-bond acceptors (Lipinski definition) is 14. The van der Waals surface area contributed by atoms with Crippen molar-refractivity contribution < 1.29 is 57.8 Å². The quantitative estimate of drug-likeness (QED) is 0.0776. The zero-order valence-corrected chi connectivity index (χ0v) is 39.8. The lowest BCUT2D eigenvalue weighted by Crippen LogP contribution is -2.61. The molecule has 9 amide bonds. The van der Waals surface area contributed by atoms with Crippen LogP contribution >= 0.6 is 0 Å². The smallest absolute Gasteiger partial charge is 0.245 e. The number of aliphatic hydroxyl groups is 2. The number of aliphatic hydroxyl groups excluding tert-OH is 2. The lowest BCUT2D eigenvalue weighted by molar-refractivity contribution is -0.136. The Bertz CT molecular complexity index is 2130. The Kier molecular flexibility index (Phi) is 23.7. The van der Waals surface area contributed by atoms with E-state index in [4.69, 9.17) is 17.2 Å². The van der Waals surface area contributed by atoms with Gasteiger partial charge >= 0.3 is 0 Å². The van der Waals surface area contributed by atoms with E-state index in [2.05, 4.69) is 47.9 Å². The van der Waals surface area contributed by atoms with Crippen LogP contribution in [-0.2, 0) is 49.6 Å². The minimum absolute atomic E-state index is 0.0605. The fraction of sp³-hybridized carbons (Fsp3) is 0.543. The van der Waals surface area contributed by atoms with Crippen molar-refractivity contribution in [3.63, 3.8) is 0 Å². The highest BCUT2D eigenvalue weighted by molar-refractivity contribution is 5.98. The van der Waals surface area contributed by atoms with Crippen LogP contribution in [0.4, 0.5) is 10.1 Å². The summed E-state index contributed by atoms with van der Waals surface area (Å²) in [6, 6.07) is 2.14. The van der Waals surface area contributed by atoms with Crippen molar-refractivity contribution in [1.82, 2.24) is 42.5 Å². The minimum Gasteiger partial charge on any atom is -0.395 e. The van der Waals surface area contributed by atoms with Crippen LogP contribution in [0, 0.1) is 11.7 Å². The largest absolute Gasteiger partial charge is 0.395 e. The van der Waals surface area contributed by atoms with Crippen molar-refractivity contribution in [2.75, 3.05) is 38.1 Å². The maximum Gasteiger partial charge on any atom is 0.245 e. The molecule has 0 aromatic heterocycles. The number of amides is 9. The molecule has 17 N–H and O–H groups in total. The number of hydrogen-bond donors (Lipinski definition) is 14. The van der Waals surface area contributed by atoms with Crippen LogP contribution in [0.25, 0.3) is 0 Å². The Morgan fingerprint density at radius 3 is 1.70 bits per heavy atom. The molecule has 1 aliphatic heterocycles. The predicted octanol–water partition coefficient (Wildman–Crippen LogP) is -3.51. The van der Waals surface area contributed by atoms with Crippen LogP contribution in [0.5, 0.6) is 0 Å². The molecule has 0 radical (unpaired) electrons. The molecule has 2 aromatic carbocycles. The molecule has 23 nitrogen and oxygen atoms in total. The Balaban J connectivity index is 2.15. The summed E-state index contributed by atoms with van der Waals surface area (Å²) >= 11 is 0. The molecule has 0 aliphatic carbocycles. The van der Waals surface area contributed by atoms with Gasteiger partial charge in [-0.3, -0.25) is 43.2 Å². The van der Waals surface area contributed by atoms with Gasteiger partial charge in [-0.2, -0.15) is 0 Å². The predicted molar refractivity (Wildman–Crippen MR) is 254 cm³/mol. The van der Waals surface area contributed by atoms with Crippen molar-refractivity contribution in [1.29, 1.82) is 0 Å². The Morgan fingerprint density at radius 1 is 0.686 bits per heavy atom. The van der Waals surface area contributed by atoms with Crippen molar-refractivity contribution in [3.8, 4) is 0 Å². The third-order valence-corrected chi connectivity index (χ3v) is 11.2. The highest BCUT2D eigenvalue weighted by Crippen LogP contribution is 2.25. The first-order valence-electron chi connectivity index (χ1n) is 23.1. The summed E-state index contributed by atoms with van der Waals surface area (Å²) in [5.74, 6) is -10.9. The standard InChI is InChI=1S/C46H69FN12O11/c1-24(2)21-35-44(68)56-31(13-17-48)40(64)55-33(15-19-50)43(67)59-38(25(3)61)46(70)51-20-16-34(53-39(63)29(23-60)28-11-8-12-30(37(28)47)52-26(4)62)42(66)54-32(14-18-49)41(65)58-36(45(69)57-35)22-27-9-6-5-7-10-27/h5-12,24-25,29,31-36,38,60-61H,13-23,48-50H2,1-4H3,(H,51,70)(H,52,62)(H,53,63)(H,54,66)(H,55,64)(H,56,68)(H,57,69)(H,58,65)(H,59,67)/t25-,29+,31+,32+,33+,34+,35+,36-,38+/m1/s1. The van der Waals surface area contributed by atoms with E-state index < -0.39 is 133 Å². The maximum absolute atomic E-state index is 15.6. The second-order valence-corrected chi connectivity index (χ2v) is 17.4. The van der Waals surface area contributed by atoms with Gasteiger partial charge in [-0.1, -0.05) is 56.3 Å². The average Bonchev–Trinajstić information content (AvgIpc) is 3.30. The van der Waals surface area contributed by atoms with Gasteiger partial charge in [0.05, 0.1) is 24.3 Å². The minimum atomic E-state index is -1.66. The molecule has 0 unspecified atom stereocenters. The fourth-order valence-electron chi connectivity index (χ4n) is 7.51. The summed E-state index contributed by atoms with van der Waals surface area (Å²) in [7, 11) is 0. The number of carbonyl (C=O) groups excluding carboxylic acids is 9. The Morgan fingerprint density at radius 2 is 1.19 bits per heavy atom. The molecule has 1 heterocycles. The summed E-state index contributed by atoms with van der Waals surface area (Å²) in [5.41, 5.74) is 17.5. The number of rotatable bonds is 16. The van der Waals surface area contributed by atoms with E-state index in [9.17, 15) is 53.4 Å². The SMILES string of the molecule is CC(=O)Nc1cccc([C@H](CO)C(=O)N[C@H]2CCNC(=O)[C@H]([C@@H](C)O)NC(=O)[C@H](CCN)NC(=O)[C@H](CCN)NC(=O)[C@H](CC(C)C)NC(=O)[C@@H](Cc3ccccc3)NC(=O)[C@H](CCN)NC2=O)c1F. The monoisotopic (exact) mass is 985 g/mol. The molecule has 0 spiro atoms. The number of nitrogens with one attached hydrogen (secondary N) is 9. The first kappa shape index (κ1) is 57.7. The zero-order chi connectivity index (χ0) is 52.1. The second-order valence-electron chi connectivity index (χ2n) is 17.4. The lowest BCUT2D eigenvalue weighted by atomic mass is 9.96. The fourth-order valence-corrected chi connectivity index (χ4v) is 7.51. The van der Waals surface area contributed by atoms with Gasteiger partial charge in [0.15, 0.2) is 5.82 Å². The lowest BCUT2D eigenvalue weighted by Gasteiger charge is -2.28. The molecule has 386 valence electrons. The molecule has 24 heteroatoms. The Labute approximate surface area is 405 Å². The third-order valence-electron chi connectivity index (χ3n) is 11.2. The van der Waals surface area contributed by atoms with Crippen LogP contribution in [0.2, 0.25) is 0 Å². The van der Waals surface area contributed by atoms with E-state index in [1.165, 1.54) is 25.1 Å². The number of benzene rings is 2. The normalized spacial score (nSPS) is 23.5. The third kappa shape index (κ3) is 17.7. The van der Waals surface area contributed by atoms with Gasteiger partial charge in [-0.25, -0.2) is 4.39 Å². The second kappa shape index (κ2) is 28.8. The van der Waals surface area contributed by atoms with E-state index >= 15 is 4.39 Å². The van der Waals surface area contributed by atoms with Crippen LogP contribution in [0.15, 0.2) is 48.5 Å². The highest BCUT2D eigenvalue weighted by Gasteiger charge is 2.36. The number of carbonyl (C=O) groups is 9. The summed E-state index contributed by atoms with van der Waals surface area (Å²) < 4.78 is 15.6. The van der Waals surface area contributed by atoms with Crippen molar-refractivity contribution >= 4 is 58.9 Å². The van der Waals surface area contributed by atoms with Gasteiger partial charge in [-0.05, 0) is 76.2 Å². The molecule has 2 aromatic rings. The van der Waals surface area contributed by atoms with Gasteiger partial charge in [0.25, 0.3) is 0 Å². The molecule has 0 saturated carbocycles. The van der Waals surface area contributed by atoms with Crippen LogP contribution in [0.1, 0.15) is 76.8 Å². The van der Waals surface area contributed by atoms with E-state index in [1.807, 2.05) is 0 Å². The topological polar surface area (TPSA) is 380 Å². The van der Waals surface area contributed by atoms with Crippen molar-refractivity contribution in [3.05, 3.63) is 65.5 Å². The molecule has 1 saturated heterocycles. The van der Waals surface area contributed by atoms with Crippen molar-refractivity contribution in [2.24, 2.45) is 23.1 Å². The van der Waals surface area contributed by atoms with Gasteiger partial charge < -0.3 is 75.3 Å². The summed E-state index contributed by atoms with van der Waals surface area (Å²) in [6.07, 6.45) is -2.51. The van der Waals surface area contributed by atoms with Crippen LogP contribution in [0.3, 0.4) is 0 Å². The van der Waals surface area contributed by atoms with E-state index in [1.54, 1.807) is 44.2 Å².